The maximum Gasteiger partial charge on any atom is 0.433 e. The third kappa shape index (κ3) is 5.19. The molecule has 8 nitrogen and oxygen atoms in total. The summed E-state index contributed by atoms with van der Waals surface area (Å²) < 4.78 is 85.7. The molecule has 2 aromatic carbocycles. The number of hydrogen-bond acceptors (Lipinski definition) is 7. The fourth-order valence-electron chi connectivity index (χ4n) is 4.43. The van der Waals surface area contributed by atoms with E-state index in [0.717, 1.165) is 36.5 Å². The van der Waals surface area contributed by atoms with Gasteiger partial charge in [-0.25, -0.2) is 12.8 Å². The number of nitrogens with one attached hydrogen (secondary N) is 2. The van der Waals surface area contributed by atoms with Crippen LogP contribution in [0.2, 0.25) is 0 Å². The van der Waals surface area contributed by atoms with Crippen LogP contribution in [0.4, 0.5) is 17.6 Å². The summed E-state index contributed by atoms with van der Waals surface area (Å²) in [5, 5.41) is 14.3. The Morgan fingerprint density at radius 3 is 2.62 bits per heavy atom. The number of pyridine rings is 1. The number of phenolic OH excluding ortho intramolecular Hbond substituents is 1. The summed E-state index contributed by atoms with van der Waals surface area (Å²) in [5.74, 6) is -1.83. The van der Waals surface area contributed by atoms with E-state index in [9.17, 15) is 35.9 Å². The van der Waals surface area contributed by atoms with E-state index < -0.39 is 55.7 Å². The maximum absolute atomic E-state index is 13.8. The van der Waals surface area contributed by atoms with Gasteiger partial charge in [-0.15, -0.1) is 0 Å². The van der Waals surface area contributed by atoms with Crippen LogP contribution in [0.25, 0.3) is 22.1 Å². The van der Waals surface area contributed by atoms with Crippen molar-refractivity contribution in [2.45, 2.75) is 35.5 Å². The third-order valence-corrected chi connectivity index (χ3v) is 8.17. The normalized spacial score (nSPS) is 16.9. The van der Waals surface area contributed by atoms with E-state index in [1.165, 1.54) is 24.3 Å². The number of sulfone groups is 1. The molecule has 5 rings (SSSR count). The van der Waals surface area contributed by atoms with Gasteiger partial charge < -0.3 is 20.2 Å². The Hall–Kier alpha value is -3.97. The number of benzene rings is 2. The van der Waals surface area contributed by atoms with Crippen LogP contribution in [0.5, 0.6) is 5.75 Å². The van der Waals surface area contributed by atoms with E-state index in [-0.39, 0.29) is 27.7 Å². The molecule has 1 amide bonds. The number of halogens is 4. The SMILES string of the molecule is O=C(N[C@H](c1cccc(-c2ccc(C(F)(F)F)nc2)c1O)S(=O)(=O)c1cc2cc(F)ccc2o1)[C@@H]1CCCN1. The number of amides is 1. The van der Waals surface area contributed by atoms with Crippen molar-refractivity contribution < 1.29 is 40.3 Å². The van der Waals surface area contributed by atoms with Gasteiger partial charge >= 0.3 is 6.18 Å². The summed E-state index contributed by atoms with van der Waals surface area (Å²) in [6, 6.07) is 9.74. The number of fused-ring (bicyclic) bond motifs is 1. The van der Waals surface area contributed by atoms with Crippen molar-refractivity contribution in [3.05, 3.63) is 77.9 Å². The first-order valence-corrected chi connectivity index (χ1v) is 13.3. The summed E-state index contributed by atoms with van der Waals surface area (Å²) in [4.78, 5) is 16.4. The molecule has 0 unspecified atom stereocenters. The Kier molecular flexibility index (Phi) is 6.81. The van der Waals surface area contributed by atoms with E-state index in [2.05, 4.69) is 15.6 Å². The van der Waals surface area contributed by atoms with E-state index in [1.54, 1.807) is 0 Å². The number of nitrogens with zero attached hydrogens (tertiary/aromatic N) is 1. The first-order valence-electron chi connectivity index (χ1n) is 11.8. The lowest BCUT2D eigenvalue weighted by Crippen LogP contribution is -2.44. The van der Waals surface area contributed by atoms with E-state index >= 15 is 0 Å². The number of carbonyl (C=O) groups excluding carboxylic acids is 1. The molecule has 1 fully saturated rings. The average molecular weight is 564 g/mol. The number of para-hydroxylation sites is 1. The molecule has 0 spiro atoms. The lowest BCUT2D eigenvalue weighted by Gasteiger charge is -2.22. The van der Waals surface area contributed by atoms with E-state index in [1.807, 2.05) is 0 Å². The number of furan rings is 1. The first-order chi connectivity index (χ1) is 18.4. The van der Waals surface area contributed by atoms with Gasteiger partial charge in [0.15, 0.2) is 5.37 Å². The zero-order chi connectivity index (χ0) is 27.9. The quantitative estimate of drug-likeness (QED) is 0.291. The minimum absolute atomic E-state index is 0.00570. The number of carbonyl (C=O) groups is 1. The number of aromatic hydroxyl groups is 1. The van der Waals surface area contributed by atoms with E-state index in [0.29, 0.717) is 19.4 Å². The standard InChI is InChI=1S/C26H21F4N3O5S/c27-16-7-8-20-15(11-16)12-22(38-20)39(36,37)25(33-24(35)19-5-2-10-31-19)18-4-1-3-17(23(18)34)14-6-9-21(32-13-14)26(28,29)30/h1,3-4,6-9,11-13,19,25,31,34H,2,5,10H2,(H,33,35)/t19-,25-/m0/s1. The van der Waals surface area contributed by atoms with Crippen molar-refractivity contribution in [2.24, 2.45) is 0 Å². The van der Waals surface area contributed by atoms with Crippen molar-refractivity contribution in [3.63, 3.8) is 0 Å². The third-order valence-electron chi connectivity index (χ3n) is 6.41. The molecule has 4 aromatic rings. The zero-order valence-corrected chi connectivity index (χ0v) is 20.8. The second kappa shape index (κ2) is 9.97. The van der Waals surface area contributed by atoms with Crippen molar-refractivity contribution in [3.8, 4) is 16.9 Å². The molecular formula is C26H21F4N3O5S. The van der Waals surface area contributed by atoms with Gasteiger partial charge in [0.1, 0.15) is 22.8 Å². The highest BCUT2D eigenvalue weighted by molar-refractivity contribution is 7.91. The van der Waals surface area contributed by atoms with Crippen LogP contribution in [0.15, 0.2) is 70.3 Å². The summed E-state index contributed by atoms with van der Waals surface area (Å²) >= 11 is 0. The van der Waals surface area contributed by atoms with Crippen molar-refractivity contribution >= 4 is 26.7 Å². The Morgan fingerprint density at radius 2 is 1.95 bits per heavy atom. The number of phenols is 1. The molecule has 0 saturated carbocycles. The van der Waals surface area contributed by atoms with Crippen LogP contribution in [0.1, 0.15) is 29.5 Å². The van der Waals surface area contributed by atoms with Gasteiger partial charge in [-0.2, -0.15) is 13.2 Å². The predicted octanol–water partition coefficient (Wildman–Crippen LogP) is 4.70. The fourth-order valence-corrected chi connectivity index (χ4v) is 5.96. The molecule has 0 radical (unpaired) electrons. The van der Waals surface area contributed by atoms with Crippen LogP contribution in [0, 0.1) is 5.82 Å². The first kappa shape index (κ1) is 26.6. The van der Waals surface area contributed by atoms with Crippen LogP contribution in [0.3, 0.4) is 0 Å². The Balaban J connectivity index is 1.60. The topological polar surface area (TPSA) is 122 Å². The molecule has 3 N–H and O–H groups in total. The van der Waals surface area contributed by atoms with Crippen LogP contribution in [-0.2, 0) is 20.8 Å². The smallest absolute Gasteiger partial charge is 0.433 e. The molecule has 1 saturated heterocycles. The molecule has 2 atom stereocenters. The molecule has 13 heteroatoms. The fraction of sp³-hybridized carbons (Fsp3) is 0.231. The van der Waals surface area contributed by atoms with Crippen LogP contribution in [-0.4, -0.2) is 37.0 Å². The van der Waals surface area contributed by atoms with Crippen LogP contribution < -0.4 is 10.6 Å². The number of hydrogen-bond donors (Lipinski definition) is 3. The second-order valence-electron chi connectivity index (χ2n) is 9.00. The summed E-state index contributed by atoms with van der Waals surface area (Å²) in [7, 11) is -4.57. The number of alkyl halides is 3. The predicted molar refractivity (Wildman–Crippen MR) is 132 cm³/mol. The zero-order valence-electron chi connectivity index (χ0n) is 20.0. The highest BCUT2D eigenvalue weighted by Gasteiger charge is 2.38. The molecule has 2 aromatic heterocycles. The highest BCUT2D eigenvalue weighted by atomic mass is 32.2. The van der Waals surface area contributed by atoms with Gasteiger partial charge in [-0.3, -0.25) is 9.78 Å². The molecule has 1 aliphatic heterocycles. The Labute approximate surface area is 219 Å². The summed E-state index contributed by atoms with van der Waals surface area (Å²) in [5.41, 5.74) is -1.22. The summed E-state index contributed by atoms with van der Waals surface area (Å²) in [6.45, 7) is 0.562. The molecule has 204 valence electrons. The maximum atomic E-state index is 13.8. The highest BCUT2D eigenvalue weighted by Crippen LogP contribution is 2.40. The van der Waals surface area contributed by atoms with Gasteiger partial charge in [0.05, 0.1) is 6.04 Å². The van der Waals surface area contributed by atoms with Crippen LogP contribution >= 0.6 is 0 Å². The molecule has 0 bridgehead atoms. The molecular weight excluding hydrogens is 542 g/mol. The van der Waals surface area contributed by atoms with Gasteiger partial charge in [0.2, 0.25) is 20.8 Å². The Morgan fingerprint density at radius 1 is 1.15 bits per heavy atom. The van der Waals surface area contributed by atoms with Gasteiger partial charge in [-0.05, 0) is 43.7 Å². The van der Waals surface area contributed by atoms with E-state index in [4.69, 9.17) is 4.42 Å². The van der Waals surface area contributed by atoms with Crippen molar-refractivity contribution in [1.82, 2.24) is 15.6 Å². The lowest BCUT2D eigenvalue weighted by molar-refractivity contribution is -0.141. The molecule has 3 heterocycles. The number of rotatable bonds is 6. The minimum atomic E-state index is -4.67. The molecule has 1 aliphatic rings. The largest absolute Gasteiger partial charge is 0.507 e. The molecule has 39 heavy (non-hydrogen) atoms. The average Bonchev–Trinajstić information content (AvgIpc) is 3.58. The minimum Gasteiger partial charge on any atom is -0.507 e. The van der Waals surface area contributed by atoms with Gasteiger partial charge in [0.25, 0.3) is 0 Å². The summed E-state index contributed by atoms with van der Waals surface area (Å²) in [6.07, 6.45) is -2.60. The monoisotopic (exact) mass is 563 g/mol. The second-order valence-corrected chi connectivity index (χ2v) is 11.0. The van der Waals surface area contributed by atoms with Crippen molar-refractivity contribution in [1.29, 1.82) is 0 Å². The molecule has 0 aliphatic carbocycles. The lowest BCUT2D eigenvalue weighted by atomic mass is 10.0. The van der Waals surface area contributed by atoms with Gasteiger partial charge in [0, 0.05) is 34.3 Å². The van der Waals surface area contributed by atoms with Gasteiger partial charge in [-0.1, -0.05) is 24.3 Å². The Bertz CT molecular complexity index is 1650. The van der Waals surface area contributed by atoms with Crippen molar-refractivity contribution in [2.75, 3.05) is 6.54 Å². The number of aromatic nitrogens is 1.